The van der Waals surface area contributed by atoms with E-state index in [9.17, 15) is 10.1 Å². The van der Waals surface area contributed by atoms with Crippen LogP contribution in [-0.2, 0) is 4.79 Å². The highest BCUT2D eigenvalue weighted by molar-refractivity contribution is 7.99. The number of nitrogens with one attached hydrogen (secondary N) is 1. The molecule has 0 spiro atoms. The highest BCUT2D eigenvalue weighted by atomic mass is 32.2. The number of amides is 1. The molecule has 0 aromatic carbocycles. The van der Waals surface area contributed by atoms with Crippen molar-refractivity contribution in [2.24, 2.45) is 17.8 Å². The van der Waals surface area contributed by atoms with E-state index in [0.29, 0.717) is 11.8 Å². The Hall–Kier alpha value is -0.950. The Morgan fingerprint density at radius 1 is 1.47 bits per heavy atom. The van der Waals surface area contributed by atoms with Crippen LogP contribution in [0.2, 0.25) is 0 Å². The summed E-state index contributed by atoms with van der Waals surface area (Å²) >= 11 is 1.75. The van der Waals surface area contributed by atoms with Gasteiger partial charge in [-0.05, 0) is 36.9 Å². The lowest BCUT2D eigenvalue weighted by atomic mass is 9.91. The van der Waals surface area contributed by atoms with E-state index in [1.165, 1.54) is 0 Å². The smallest absolute Gasteiger partial charge is 0.224 e. The predicted octanol–water partition coefficient (Wildman–Crippen LogP) is 1.71. The zero-order chi connectivity index (χ0) is 11.9. The summed E-state index contributed by atoms with van der Waals surface area (Å²) in [4.78, 5) is 12.2. The van der Waals surface area contributed by atoms with Gasteiger partial charge in [0.15, 0.2) is 0 Å². The second-order valence-corrected chi connectivity index (χ2v) is 6.48. The maximum atomic E-state index is 12.2. The van der Waals surface area contributed by atoms with Crippen LogP contribution in [0.15, 0.2) is 12.2 Å². The van der Waals surface area contributed by atoms with Crippen LogP contribution in [0.4, 0.5) is 0 Å². The molecule has 0 aromatic heterocycles. The van der Waals surface area contributed by atoms with E-state index in [0.717, 1.165) is 30.8 Å². The van der Waals surface area contributed by atoms with Gasteiger partial charge in [0.25, 0.3) is 0 Å². The summed E-state index contributed by atoms with van der Waals surface area (Å²) in [5, 5.41) is 12.3. The van der Waals surface area contributed by atoms with Crippen molar-refractivity contribution in [1.82, 2.24) is 5.32 Å². The van der Waals surface area contributed by atoms with Crippen molar-refractivity contribution in [2.45, 2.75) is 24.8 Å². The fraction of sp³-hybridized carbons (Fsp3) is 0.692. The van der Waals surface area contributed by atoms with E-state index in [4.69, 9.17) is 0 Å². The molecule has 1 amide bonds. The SMILES string of the molecule is N#CC1(NC(=O)C2CC3C=CC2C3)CCSC1. The molecular weight excluding hydrogens is 232 g/mol. The number of nitriles is 1. The van der Waals surface area contributed by atoms with Crippen molar-refractivity contribution >= 4 is 17.7 Å². The molecule has 3 nitrogen and oxygen atoms in total. The number of carbonyl (C=O) groups excluding carboxylic acids is 1. The van der Waals surface area contributed by atoms with E-state index in [2.05, 4.69) is 23.5 Å². The average Bonchev–Trinajstić information content (AvgIpc) is 3.04. The number of fused-ring (bicyclic) bond motifs is 2. The first kappa shape index (κ1) is 11.2. The predicted molar refractivity (Wildman–Crippen MR) is 67.3 cm³/mol. The molecule has 2 fully saturated rings. The molecule has 1 saturated carbocycles. The summed E-state index contributed by atoms with van der Waals surface area (Å²) in [6.45, 7) is 0. The van der Waals surface area contributed by atoms with Crippen molar-refractivity contribution in [3.63, 3.8) is 0 Å². The highest BCUT2D eigenvalue weighted by Gasteiger charge is 2.43. The molecule has 17 heavy (non-hydrogen) atoms. The summed E-state index contributed by atoms with van der Waals surface area (Å²) in [6.07, 6.45) is 7.31. The van der Waals surface area contributed by atoms with Gasteiger partial charge in [-0.25, -0.2) is 0 Å². The Labute approximate surface area is 106 Å². The third-order valence-corrected chi connectivity index (χ3v) is 5.40. The lowest BCUT2D eigenvalue weighted by Gasteiger charge is -2.25. The lowest BCUT2D eigenvalue weighted by Crippen LogP contribution is -2.50. The number of carbonyl (C=O) groups is 1. The van der Waals surface area contributed by atoms with E-state index < -0.39 is 5.54 Å². The maximum absolute atomic E-state index is 12.2. The minimum atomic E-state index is -0.590. The van der Waals surface area contributed by atoms with E-state index in [1.807, 2.05) is 0 Å². The first-order valence-electron chi connectivity index (χ1n) is 6.22. The highest BCUT2D eigenvalue weighted by Crippen LogP contribution is 2.43. The minimum Gasteiger partial charge on any atom is -0.337 e. The number of nitrogens with zero attached hydrogens (tertiary/aromatic N) is 1. The third-order valence-electron chi connectivity index (χ3n) is 4.21. The van der Waals surface area contributed by atoms with Crippen LogP contribution < -0.4 is 5.32 Å². The summed E-state index contributed by atoms with van der Waals surface area (Å²) in [5.74, 6) is 2.96. The number of allylic oxidation sites excluding steroid dienone is 2. The Balaban J connectivity index is 1.68. The molecular formula is C13H16N2OS. The van der Waals surface area contributed by atoms with E-state index in [-0.39, 0.29) is 11.8 Å². The molecule has 90 valence electrons. The second-order valence-electron chi connectivity index (χ2n) is 5.37. The standard InChI is InChI=1S/C13H16N2OS/c14-7-13(3-4-17-8-13)15-12(16)11-6-9-1-2-10(11)5-9/h1-2,9-11H,3-6,8H2,(H,15,16). The second kappa shape index (κ2) is 4.06. The molecule has 4 heteroatoms. The molecule has 1 aliphatic heterocycles. The van der Waals surface area contributed by atoms with Crippen molar-refractivity contribution in [3.8, 4) is 6.07 Å². The van der Waals surface area contributed by atoms with Gasteiger partial charge in [-0.15, -0.1) is 0 Å². The zero-order valence-corrected chi connectivity index (χ0v) is 10.5. The van der Waals surface area contributed by atoms with E-state index >= 15 is 0 Å². The summed E-state index contributed by atoms with van der Waals surface area (Å²) in [6, 6.07) is 2.31. The van der Waals surface area contributed by atoms with Gasteiger partial charge in [0.2, 0.25) is 5.91 Å². The number of hydrogen-bond acceptors (Lipinski definition) is 3. The molecule has 0 aromatic rings. The normalized spacial score (nSPS) is 42.6. The van der Waals surface area contributed by atoms with Crippen molar-refractivity contribution < 1.29 is 4.79 Å². The number of hydrogen-bond donors (Lipinski definition) is 1. The van der Waals surface area contributed by atoms with E-state index in [1.54, 1.807) is 11.8 Å². The molecule has 4 unspecified atom stereocenters. The van der Waals surface area contributed by atoms with Gasteiger partial charge < -0.3 is 5.32 Å². The van der Waals surface area contributed by atoms with Gasteiger partial charge in [0.1, 0.15) is 5.54 Å². The van der Waals surface area contributed by atoms with Gasteiger partial charge in [0, 0.05) is 11.7 Å². The molecule has 3 aliphatic rings. The molecule has 2 bridgehead atoms. The Morgan fingerprint density at radius 3 is 2.88 bits per heavy atom. The van der Waals surface area contributed by atoms with Crippen molar-refractivity contribution in [2.75, 3.05) is 11.5 Å². The summed E-state index contributed by atoms with van der Waals surface area (Å²) in [7, 11) is 0. The summed E-state index contributed by atoms with van der Waals surface area (Å²) in [5.41, 5.74) is -0.590. The molecule has 1 N–H and O–H groups in total. The fourth-order valence-electron chi connectivity index (χ4n) is 3.19. The maximum Gasteiger partial charge on any atom is 0.224 e. The molecule has 2 aliphatic carbocycles. The Bertz CT molecular complexity index is 406. The molecule has 3 rings (SSSR count). The van der Waals surface area contributed by atoms with Crippen LogP contribution in [0.5, 0.6) is 0 Å². The topological polar surface area (TPSA) is 52.9 Å². The number of thioether (sulfide) groups is 1. The van der Waals surface area contributed by atoms with Gasteiger partial charge in [-0.3, -0.25) is 4.79 Å². The zero-order valence-electron chi connectivity index (χ0n) is 9.69. The third kappa shape index (κ3) is 1.87. The van der Waals surface area contributed by atoms with Crippen LogP contribution in [0.25, 0.3) is 0 Å². The monoisotopic (exact) mass is 248 g/mol. The lowest BCUT2D eigenvalue weighted by molar-refractivity contribution is -0.126. The average molecular weight is 248 g/mol. The Kier molecular flexibility index (Phi) is 2.67. The summed E-state index contributed by atoms with van der Waals surface area (Å²) < 4.78 is 0. The molecule has 1 heterocycles. The largest absolute Gasteiger partial charge is 0.337 e. The molecule has 0 radical (unpaired) electrons. The molecule has 1 saturated heterocycles. The quantitative estimate of drug-likeness (QED) is 0.757. The van der Waals surface area contributed by atoms with Gasteiger partial charge >= 0.3 is 0 Å². The van der Waals surface area contributed by atoms with Crippen molar-refractivity contribution in [3.05, 3.63) is 12.2 Å². The van der Waals surface area contributed by atoms with Gasteiger partial charge in [-0.2, -0.15) is 17.0 Å². The first-order chi connectivity index (χ1) is 8.22. The van der Waals surface area contributed by atoms with Crippen LogP contribution in [0, 0.1) is 29.1 Å². The van der Waals surface area contributed by atoms with Crippen molar-refractivity contribution in [1.29, 1.82) is 5.26 Å². The number of rotatable bonds is 2. The Morgan fingerprint density at radius 2 is 2.35 bits per heavy atom. The van der Waals surface area contributed by atoms with Crippen LogP contribution in [0.3, 0.4) is 0 Å². The van der Waals surface area contributed by atoms with Crippen LogP contribution >= 0.6 is 11.8 Å². The van der Waals surface area contributed by atoms with Gasteiger partial charge in [-0.1, -0.05) is 12.2 Å². The fourth-order valence-corrected chi connectivity index (χ4v) is 4.46. The van der Waals surface area contributed by atoms with Gasteiger partial charge in [0.05, 0.1) is 6.07 Å². The molecule has 4 atom stereocenters. The minimum absolute atomic E-state index is 0.103. The van der Waals surface area contributed by atoms with Crippen LogP contribution in [0.1, 0.15) is 19.3 Å². The first-order valence-corrected chi connectivity index (χ1v) is 7.37. The van der Waals surface area contributed by atoms with Crippen LogP contribution in [-0.4, -0.2) is 23.0 Å².